The van der Waals surface area contributed by atoms with Gasteiger partial charge in [0, 0.05) is 13.0 Å². The Hall–Kier alpha value is -1.59. The van der Waals surface area contributed by atoms with Crippen LogP contribution in [-0.4, -0.2) is 21.1 Å². The van der Waals surface area contributed by atoms with Crippen LogP contribution in [-0.2, 0) is 10.0 Å². The molecule has 0 atom stereocenters. The van der Waals surface area contributed by atoms with Crippen molar-refractivity contribution >= 4 is 10.0 Å². The number of nitrogens with zero attached hydrogens (tertiary/aromatic N) is 1. The van der Waals surface area contributed by atoms with Gasteiger partial charge in [-0.15, -0.1) is 0 Å². The predicted octanol–water partition coefficient (Wildman–Crippen LogP) is 2.18. The zero-order valence-electron chi connectivity index (χ0n) is 9.74. The van der Waals surface area contributed by atoms with Crippen molar-refractivity contribution in [3.8, 4) is 6.07 Å². The number of nitriles is 1. The van der Waals surface area contributed by atoms with Crippen LogP contribution in [0.4, 0.5) is 13.2 Å². The third kappa shape index (κ3) is 5.28. The van der Waals surface area contributed by atoms with Gasteiger partial charge in [-0.2, -0.15) is 18.4 Å². The summed E-state index contributed by atoms with van der Waals surface area (Å²) >= 11 is 0. The van der Waals surface area contributed by atoms with Crippen LogP contribution >= 0.6 is 0 Å². The first-order chi connectivity index (χ1) is 8.74. The number of sulfonamides is 1. The zero-order chi connectivity index (χ0) is 14.5. The zero-order valence-corrected chi connectivity index (χ0v) is 10.6. The molecule has 0 spiro atoms. The molecule has 0 aromatic heterocycles. The number of nitrogens with one attached hydrogen (secondary N) is 1. The van der Waals surface area contributed by atoms with Gasteiger partial charge >= 0.3 is 6.18 Å². The first-order valence-corrected chi connectivity index (χ1v) is 6.79. The summed E-state index contributed by atoms with van der Waals surface area (Å²) in [5.74, 6) is 0. The van der Waals surface area contributed by atoms with Gasteiger partial charge in [0.25, 0.3) is 0 Å². The summed E-state index contributed by atoms with van der Waals surface area (Å²) in [6.45, 7) is -0.290. The average molecular weight is 292 g/mol. The van der Waals surface area contributed by atoms with Gasteiger partial charge in [-0.3, -0.25) is 0 Å². The largest absolute Gasteiger partial charge is 0.389 e. The SMILES string of the molecule is N#Cc1ccc(S(=O)(=O)NCCCC(F)(F)F)cc1. The van der Waals surface area contributed by atoms with Gasteiger partial charge < -0.3 is 0 Å². The molecule has 0 bridgehead atoms. The Balaban J connectivity index is 2.59. The lowest BCUT2D eigenvalue weighted by atomic mass is 10.2. The van der Waals surface area contributed by atoms with Crippen molar-refractivity contribution in [2.45, 2.75) is 23.9 Å². The molecule has 1 aromatic rings. The first-order valence-electron chi connectivity index (χ1n) is 5.31. The Morgan fingerprint density at radius 3 is 2.26 bits per heavy atom. The average Bonchev–Trinajstić information content (AvgIpc) is 2.34. The smallest absolute Gasteiger partial charge is 0.211 e. The van der Waals surface area contributed by atoms with Gasteiger partial charge in [-0.05, 0) is 30.7 Å². The van der Waals surface area contributed by atoms with Crippen LogP contribution in [0.5, 0.6) is 0 Å². The fourth-order valence-corrected chi connectivity index (χ4v) is 2.36. The van der Waals surface area contributed by atoms with Gasteiger partial charge in [0.15, 0.2) is 0 Å². The molecule has 0 fully saturated rings. The fourth-order valence-electron chi connectivity index (χ4n) is 1.29. The summed E-state index contributed by atoms with van der Waals surface area (Å²) in [5.41, 5.74) is 0.302. The molecule has 0 unspecified atom stereocenters. The molecule has 0 saturated carbocycles. The predicted molar refractivity (Wildman–Crippen MR) is 61.6 cm³/mol. The fraction of sp³-hybridized carbons (Fsp3) is 0.364. The highest BCUT2D eigenvalue weighted by Crippen LogP contribution is 2.21. The number of benzene rings is 1. The minimum atomic E-state index is -4.29. The second kappa shape index (κ2) is 6.04. The van der Waals surface area contributed by atoms with E-state index in [1.807, 2.05) is 6.07 Å². The van der Waals surface area contributed by atoms with Crippen LogP contribution in [0, 0.1) is 11.3 Å². The number of alkyl halides is 3. The highest BCUT2D eigenvalue weighted by atomic mass is 32.2. The first kappa shape index (κ1) is 15.5. The highest BCUT2D eigenvalue weighted by molar-refractivity contribution is 7.89. The highest BCUT2D eigenvalue weighted by Gasteiger charge is 2.26. The van der Waals surface area contributed by atoms with Crippen LogP contribution < -0.4 is 4.72 Å². The number of hydrogen-bond acceptors (Lipinski definition) is 3. The molecule has 0 aliphatic carbocycles. The summed E-state index contributed by atoms with van der Waals surface area (Å²) in [5, 5.41) is 8.56. The molecule has 0 radical (unpaired) electrons. The van der Waals surface area contributed by atoms with Gasteiger partial charge in [-0.1, -0.05) is 0 Å². The lowest BCUT2D eigenvalue weighted by molar-refractivity contribution is -0.135. The van der Waals surface area contributed by atoms with Crippen molar-refractivity contribution in [1.82, 2.24) is 4.72 Å². The molecular weight excluding hydrogens is 281 g/mol. The van der Waals surface area contributed by atoms with E-state index in [1.165, 1.54) is 24.3 Å². The van der Waals surface area contributed by atoms with Crippen LogP contribution in [0.2, 0.25) is 0 Å². The van der Waals surface area contributed by atoms with Gasteiger partial charge in [-0.25, -0.2) is 13.1 Å². The Labute approximate surface area is 108 Å². The van der Waals surface area contributed by atoms with E-state index in [0.29, 0.717) is 5.56 Å². The molecule has 0 aliphatic heterocycles. The maximum Gasteiger partial charge on any atom is 0.389 e. The van der Waals surface area contributed by atoms with Crippen molar-refractivity contribution in [2.24, 2.45) is 0 Å². The Kier molecular flexibility index (Phi) is 4.91. The molecule has 104 valence electrons. The third-order valence-electron chi connectivity index (χ3n) is 2.22. The minimum Gasteiger partial charge on any atom is -0.211 e. The second-order valence-corrected chi connectivity index (χ2v) is 5.52. The molecular formula is C11H11F3N2O2S. The molecule has 0 heterocycles. The van der Waals surface area contributed by atoms with E-state index in [0.717, 1.165) is 0 Å². The standard InChI is InChI=1S/C11H11F3N2O2S/c12-11(13,14)6-1-7-16-19(17,18)10-4-2-9(8-15)3-5-10/h2-5,16H,1,6-7H2. The number of hydrogen-bond donors (Lipinski definition) is 1. The van der Waals surface area contributed by atoms with Crippen molar-refractivity contribution < 1.29 is 21.6 Å². The monoisotopic (exact) mass is 292 g/mol. The van der Waals surface area contributed by atoms with E-state index in [-0.39, 0.29) is 17.9 Å². The molecule has 19 heavy (non-hydrogen) atoms. The van der Waals surface area contributed by atoms with Crippen molar-refractivity contribution in [2.75, 3.05) is 6.54 Å². The topological polar surface area (TPSA) is 70.0 Å². The van der Waals surface area contributed by atoms with E-state index in [4.69, 9.17) is 5.26 Å². The Bertz CT molecular complexity index is 559. The normalized spacial score (nSPS) is 12.1. The molecule has 0 amide bonds. The summed E-state index contributed by atoms with van der Waals surface area (Å²) in [4.78, 5) is -0.0847. The molecule has 4 nitrogen and oxygen atoms in total. The van der Waals surface area contributed by atoms with Crippen LogP contribution in [0.25, 0.3) is 0 Å². The Morgan fingerprint density at radius 2 is 1.79 bits per heavy atom. The maximum atomic E-state index is 11.9. The van der Waals surface area contributed by atoms with Crippen LogP contribution in [0.15, 0.2) is 29.2 Å². The van der Waals surface area contributed by atoms with E-state index in [2.05, 4.69) is 4.72 Å². The molecule has 0 aliphatic rings. The lowest BCUT2D eigenvalue weighted by Gasteiger charge is -2.08. The molecule has 8 heteroatoms. The summed E-state index contributed by atoms with van der Waals surface area (Å²) < 4.78 is 61.1. The van der Waals surface area contributed by atoms with E-state index in [9.17, 15) is 21.6 Å². The third-order valence-corrected chi connectivity index (χ3v) is 3.70. The van der Waals surface area contributed by atoms with Crippen molar-refractivity contribution in [1.29, 1.82) is 5.26 Å². The number of rotatable bonds is 5. The van der Waals surface area contributed by atoms with E-state index < -0.39 is 22.6 Å². The van der Waals surface area contributed by atoms with Crippen LogP contribution in [0.3, 0.4) is 0 Å². The van der Waals surface area contributed by atoms with Gasteiger partial charge in [0.2, 0.25) is 10.0 Å². The van der Waals surface area contributed by atoms with Crippen molar-refractivity contribution in [3.05, 3.63) is 29.8 Å². The quantitative estimate of drug-likeness (QED) is 0.846. The summed E-state index contributed by atoms with van der Waals surface area (Å²) in [6.07, 6.45) is -5.65. The summed E-state index contributed by atoms with van der Waals surface area (Å²) in [7, 11) is -3.83. The van der Waals surface area contributed by atoms with E-state index in [1.54, 1.807) is 0 Å². The van der Waals surface area contributed by atoms with E-state index >= 15 is 0 Å². The van der Waals surface area contributed by atoms with Gasteiger partial charge in [0.1, 0.15) is 0 Å². The maximum absolute atomic E-state index is 11.9. The minimum absolute atomic E-state index is 0.0847. The molecule has 1 aromatic carbocycles. The number of halogens is 3. The second-order valence-electron chi connectivity index (χ2n) is 3.75. The molecule has 1 N–H and O–H groups in total. The van der Waals surface area contributed by atoms with Crippen LogP contribution in [0.1, 0.15) is 18.4 Å². The summed E-state index contributed by atoms with van der Waals surface area (Å²) in [6, 6.07) is 6.94. The molecule has 1 rings (SSSR count). The molecule has 0 saturated heterocycles. The lowest BCUT2D eigenvalue weighted by Crippen LogP contribution is -2.25. The Morgan fingerprint density at radius 1 is 1.21 bits per heavy atom. The van der Waals surface area contributed by atoms with Crippen molar-refractivity contribution in [3.63, 3.8) is 0 Å². The van der Waals surface area contributed by atoms with Gasteiger partial charge in [0.05, 0.1) is 16.5 Å².